The van der Waals surface area contributed by atoms with Crippen molar-refractivity contribution in [2.24, 2.45) is 0 Å². The summed E-state index contributed by atoms with van der Waals surface area (Å²) in [4.78, 5) is 35.1. The lowest BCUT2D eigenvalue weighted by Gasteiger charge is -2.43. The summed E-state index contributed by atoms with van der Waals surface area (Å²) in [7, 11) is 0. The van der Waals surface area contributed by atoms with Gasteiger partial charge in [0.25, 0.3) is 0 Å². The van der Waals surface area contributed by atoms with Crippen LogP contribution in [0.15, 0.2) is 0 Å². The van der Waals surface area contributed by atoms with Crippen LogP contribution in [0, 0.1) is 0 Å². The predicted molar refractivity (Wildman–Crippen MR) is 75.4 cm³/mol. The molecule has 2 rings (SSSR count). The molecule has 2 saturated heterocycles. The summed E-state index contributed by atoms with van der Waals surface area (Å²) in [5, 5.41) is 12.4. The molecule has 0 aromatic carbocycles. The molecule has 7 heteroatoms. The standard InChI is InChI=1S/C13H20N2O4S/c1-13(2)9(12(18)19)15-10(17)8(11(15)20-13)14-6-4-3-5-7-16/h7-9,11,14H,3-6H2,1-2H3,(H,18,19)/t8?,9-,11+/m0/s1. The van der Waals surface area contributed by atoms with E-state index < -0.39 is 16.8 Å². The maximum absolute atomic E-state index is 12.1. The summed E-state index contributed by atoms with van der Waals surface area (Å²) in [6.45, 7) is 4.40. The molecule has 3 atom stereocenters. The number of aliphatic carboxylic acids is 1. The fourth-order valence-corrected chi connectivity index (χ4v) is 4.46. The molecule has 20 heavy (non-hydrogen) atoms. The highest BCUT2D eigenvalue weighted by atomic mass is 32.2. The molecule has 0 aromatic rings. The van der Waals surface area contributed by atoms with E-state index in [1.165, 1.54) is 16.7 Å². The molecule has 0 aromatic heterocycles. The average molecular weight is 300 g/mol. The number of β-lactam (4-membered cyclic amide) rings is 1. The third-order valence-corrected chi connectivity index (χ3v) is 5.36. The van der Waals surface area contributed by atoms with Crippen LogP contribution in [-0.4, -0.2) is 56.9 Å². The van der Waals surface area contributed by atoms with Gasteiger partial charge >= 0.3 is 5.97 Å². The third kappa shape index (κ3) is 2.56. The molecule has 112 valence electrons. The SMILES string of the molecule is CC1(C)S[C@@H]2C(NCCCCC=O)C(=O)N2[C@H]1C(=O)O. The summed E-state index contributed by atoms with van der Waals surface area (Å²) >= 11 is 1.54. The van der Waals surface area contributed by atoms with Gasteiger partial charge in [0, 0.05) is 11.2 Å². The van der Waals surface area contributed by atoms with E-state index in [1.807, 2.05) is 13.8 Å². The van der Waals surface area contributed by atoms with Gasteiger partial charge in [-0.1, -0.05) is 0 Å². The first-order valence-corrected chi connectivity index (χ1v) is 7.68. The molecule has 2 aliphatic heterocycles. The van der Waals surface area contributed by atoms with E-state index in [1.54, 1.807) is 0 Å². The van der Waals surface area contributed by atoms with Gasteiger partial charge in [-0.05, 0) is 33.2 Å². The zero-order valence-corrected chi connectivity index (χ0v) is 12.5. The number of hydrogen-bond acceptors (Lipinski definition) is 5. The van der Waals surface area contributed by atoms with Gasteiger partial charge in [0.15, 0.2) is 0 Å². The lowest BCUT2D eigenvalue weighted by atomic mass is 9.96. The molecule has 6 nitrogen and oxygen atoms in total. The van der Waals surface area contributed by atoms with E-state index in [-0.39, 0.29) is 17.3 Å². The largest absolute Gasteiger partial charge is 0.480 e. The zero-order chi connectivity index (χ0) is 14.9. The molecule has 1 amide bonds. The summed E-state index contributed by atoms with van der Waals surface area (Å²) in [6.07, 6.45) is 3.08. The van der Waals surface area contributed by atoms with Gasteiger partial charge in [-0.3, -0.25) is 4.79 Å². The van der Waals surface area contributed by atoms with Crippen molar-refractivity contribution in [1.82, 2.24) is 10.2 Å². The molecule has 2 fully saturated rings. The maximum atomic E-state index is 12.1. The van der Waals surface area contributed by atoms with Crippen LogP contribution < -0.4 is 5.32 Å². The summed E-state index contributed by atoms with van der Waals surface area (Å²) in [5.41, 5.74) is 0. The van der Waals surface area contributed by atoms with E-state index in [0.29, 0.717) is 13.0 Å². The Morgan fingerprint density at radius 2 is 2.20 bits per heavy atom. The molecule has 0 saturated carbocycles. The number of aldehydes is 1. The number of carbonyl (C=O) groups excluding carboxylic acids is 2. The van der Waals surface area contributed by atoms with E-state index in [2.05, 4.69) is 5.32 Å². The highest BCUT2D eigenvalue weighted by molar-refractivity contribution is 8.01. The van der Waals surface area contributed by atoms with Gasteiger partial charge in [-0.15, -0.1) is 11.8 Å². The molecule has 0 aliphatic carbocycles. The van der Waals surface area contributed by atoms with Gasteiger partial charge in [-0.25, -0.2) is 4.79 Å². The number of amides is 1. The second-order valence-corrected chi connectivity index (χ2v) is 7.46. The first-order chi connectivity index (χ1) is 9.40. The second kappa shape index (κ2) is 5.73. The summed E-state index contributed by atoms with van der Waals surface area (Å²) in [5.74, 6) is -1.07. The second-order valence-electron chi connectivity index (χ2n) is 5.69. The minimum atomic E-state index is -0.942. The fraction of sp³-hybridized carbons (Fsp3) is 0.769. The molecule has 2 heterocycles. The Kier molecular flexibility index (Phi) is 4.39. The van der Waals surface area contributed by atoms with Crippen molar-refractivity contribution >= 4 is 29.9 Å². The molecule has 2 N–H and O–H groups in total. The van der Waals surface area contributed by atoms with E-state index in [9.17, 15) is 19.5 Å². The number of hydrogen-bond donors (Lipinski definition) is 2. The number of fused-ring (bicyclic) bond motifs is 1. The van der Waals surface area contributed by atoms with Gasteiger partial charge < -0.3 is 20.1 Å². The molecule has 0 spiro atoms. The molecule has 0 radical (unpaired) electrons. The number of carboxylic acids is 1. The Labute approximate surface area is 122 Å². The minimum absolute atomic E-state index is 0.0929. The molecule has 2 aliphatic rings. The summed E-state index contributed by atoms with van der Waals surface area (Å²) < 4.78 is -0.472. The number of nitrogens with zero attached hydrogens (tertiary/aromatic N) is 1. The van der Waals surface area contributed by atoms with Crippen LogP contribution >= 0.6 is 11.8 Å². The van der Waals surface area contributed by atoms with Gasteiger partial charge in [-0.2, -0.15) is 0 Å². The van der Waals surface area contributed by atoms with Crippen LogP contribution in [0.4, 0.5) is 0 Å². The lowest BCUT2D eigenvalue weighted by molar-refractivity contribution is -0.160. The zero-order valence-electron chi connectivity index (χ0n) is 11.7. The maximum Gasteiger partial charge on any atom is 0.327 e. The van der Waals surface area contributed by atoms with Crippen LogP contribution in [0.1, 0.15) is 33.1 Å². The molecular formula is C13H20N2O4S. The van der Waals surface area contributed by atoms with Crippen LogP contribution in [-0.2, 0) is 14.4 Å². The topological polar surface area (TPSA) is 86.7 Å². The van der Waals surface area contributed by atoms with Crippen LogP contribution in [0.3, 0.4) is 0 Å². The Morgan fingerprint density at radius 1 is 1.50 bits per heavy atom. The number of carboxylic acid groups (broad SMARTS) is 1. The van der Waals surface area contributed by atoms with Gasteiger partial charge in [0.05, 0.1) is 0 Å². The highest BCUT2D eigenvalue weighted by Gasteiger charge is 2.63. The Balaban J connectivity index is 1.90. The van der Waals surface area contributed by atoms with Crippen molar-refractivity contribution in [3.05, 3.63) is 0 Å². The van der Waals surface area contributed by atoms with Gasteiger partial charge in [0.1, 0.15) is 23.7 Å². The smallest absolute Gasteiger partial charge is 0.327 e. The minimum Gasteiger partial charge on any atom is -0.480 e. The number of nitrogens with one attached hydrogen (secondary N) is 1. The first-order valence-electron chi connectivity index (χ1n) is 6.80. The Morgan fingerprint density at radius 3 is 2.80 bits per heavy atom. The molecular weight excluding hydrogens is 280 g/mol. The number of thioether (sulfide) groups is 1. The first kappa shape index (κ1) is 15.3. The summed E-state index contributed by atoms with van der Waals surface area (Å²) in [6, 6.07) is -1.04. The van der Waals surface area contributed by atoms with Crippen LogP contribution in [0.2, 0.25) is 0 Å². The third-order valence-electron chi connectivity index (χ3n) is 3.79. The van der Waals surface area contributed by atoms with Crippen molar-refractivity contribution in [1.29, 1.82) is 0 Å². The van der Waals surface area contributed by atoms with Crippen LogP contribution in [0.25, 0.3) is 0 Å². The number of unbranched alkanes of at least 4 members (excludes halogenated alkanes) is 2. The normalized spacial score (nSPS) is 30.8. The van der Waals surface area contributed by atoms with Crippen molar-refractivity contribution in [3.8, 4) is 0 Å². The predicted octanol–water partition coefficient (Wildman–Crippen LogP) is 0.461. The fourth-order valence-electron chi connectivity index (χ4n) is 2.81. The highest BCUT2D eigenvalue weighted by Crippen LogP contribution is 2.50. The van der Waals surface area contributed by atoms with Crippen LogP contribution in [0.5, 0.6) is 0 Å². The molecule has 0 bridgehead atoms. The quantitative estimate of drug-likeness (QED) is 0.403. The van der Waals surface area contributed by atoms with Crippen molar-refractivity contribution in [3.63, 3.8) is 0 Å². The van der Waals surface area contributed by atoms with Crippen molar-refractivity contribution in [2.45, 2.75) is 55.3 Å². The Hall–Kier alpha value is -1.08. The monoisotopic (exact) mass is 300 g/mol. The number of rotatable bonds is 7. The lowest BCUT2D eigenvalue weighted by Crippen LogP contribution is -2.70. The Bertz CT molecular complexity index is 427. The van der Waals surface area contributed by atoms with Crippen molar-refractivity contribution < 1.29 is 19.5 Å². The van der Waals surface area contributed by atoms with E-state index in [0.717, 1.165) is 19.1 Å². The van der Waals surface area contributed by atoms with Crippen molar-refractivity contribution in [2.75, 3.05) is 6.54 Å². The van der Waals surface area contributed by atoms with E-state index in [4.69, 9.17) is 0 Å². The average Bonchev–Trinajstić information content (AvgIpc) is 2.62. The van der Waals surface area contributed by atoms with E-state index >= 15 is 0 Å². The number of carbonyl (C=O) groups is 3. The van der Waals surface area contributed by atoms with Gasteiger partial charge in [0.2, 0.25) is 5.91 Å². The molecule has 1 unspecified atom stereocenters.